The highest BCUT2D eigenvalue weighted by Crippen LogP contribution is 2.13. The van der Waals surface area contributed by atoms with Crippen LogP contribution >= 0.6 is 12.2 Å². The van der Waals surface area contributed by atoms with Gasteiger partial charge in [0.2, 0.25) is 0 Å². The Morgan fingerprint density at radius 3 is 1.45 bits per heavy atom. The number of hydrogen-bond acceptors (Lipinski definition) is 4. The minimum atomic E-state index is 0.169. The molecule has 0 amide bonds. The van der Waals surface area contributed by atoms with Gasteiger partial charge in [-0.05, 0) is 36.5 Å². The van der Waals surface area contributed by atoms with Crippen LogP contribution in [0.15, 0.2) is 24.3 Å². The Morgan fingerprint density at radius 2 is 1.27 bits per heavy atom. The van der Waals surface area contributed by atoms with Gasteiger partial charge in [0.05, 0.1) is 5.16 Å². The maximum Gasteiger partial charge on any atom is 0.115 e. The van der Waals surface area contributed by atoms with Crippen molar-refractivity contribution in [1.29, 1.82) is 5.41 Å². The maximum absolute atomic E-state index is 8.65. The lowest BCUT2D eigenvalue weighted by Crippen LogP contribution is -1.61. The summed E-state index contributed by atoms with van der Waals surface area (Å²) in [6.45, 7) is 0. The SMILES string of the molecule is N=C=S.Oc1ccc(O)cc1. The number of aromatic hydroxyl groups is 2. The fourth-order valence-electron chi connectivity index (χ4n) is 0.453. The number of phenols is 2. The van der Waals surface area contributed by atoms with Gasteiger partial charge in [0.15, 0.2) is 0 Å². The summed E-state index contributed by atoms with van der Waals surface area (Å²) in [6.07, 6.45) is 0. The van der Waals surface area contributed by atoms with E-state index in [0.29, 0.717) is 0 Å². The third-order valence-electron chi connectivity index (χ3n) is 0.850. The minimum Gasteiger partial charge on any atom is -0.508 e. The van der Waals surface area contributed by atoms with E-state index in [9.17, 15) is 0 Å². The molecule has 1 aromatic carbocycles. The Morgan fingerprint density at radius 1 is 1.09 bits per heavy atom. The van der Waals surface area contributed by atoms with Crippen molar-refractivity contribution < 1.29 is 10.2 Å². The second-order valence-electron chi connectivity index (χ2n) is 1.62. The molecule has 1 rings (SSSR count). The van der Waals surface area contributed by atoms with Crippen molar-refractivity contribution in [3.63, 3.8) is 0 Å². The third kappa shape index (κ3) is 5.08. The highest BCUT2D eigenvalue weighted by atomic mass is 32.1. The molecule has 0 aliphatic heterocycles. The molecule has 0 saturated carbocycles. The van der Waals surface area contributed by atoms with E-state index in [0.717, 1.165) is 0 Å². The summed E-state index contributed by atoms with van der Waals surface area (Å²) in [7, 11) is 0. The van der Waals surface area contributed by atoms with Gasteiger partial charge in [-0.1, -0.05) is 0 Å². The molecule has 0 spiro atoms. The van der Waals surface area contributed by atoms with Crippen LogP contribution < -0.4 is 0 Å². The molecule has 0 heterocycles. The smallest absolute Gasteiger partial charge is 0.115 e. The summed E-state index contributed by atoms with van der Waals surface area (Å²) in [5.74, 6) is 0.339. The highest BCUT2D eigenvalue weighted by Gasteiger charge is 1.84. The first-order valence-electron chi connectivity index (χ1n) is 2.72. The lowest BCUT2D eigenvalue weighted by molar-refractivity contribution is 0.460. The Balaban J connectivity index is 0.000000292. The van der Waals surface area contributed by atoms with Gasteiger partial charge in [0.25, 0.3) is 0 Å². The molecule has 0 bridgehead atoms. The first-order valence-corrected chi connectivity index (χ1v) is 3.13. The Bertz CT molecular complexity index is 218. The second kappa shape index (κ2) is 5.41. The Kier molecular flexibility index (Phi) is 4.73. The van der Waals surface area contributed by atoms with E-state index in [-0.39, 0.29) is 11.5 Å². The summed E-state index contributed by atoms with van der Waals surface area (Å²) in [5.41, 5.74) is 0. The van der Waals surface area contributed by atoms with Crippen molar-refractivity contribution in [3.05, 3.63) is 24.3 Å². The first kappa shape index (κ1) is 9.62. The van der Waals surface area contributed by atoms with Gasteiger partial charge in [-0.15, -0.1) is 0 Å². The molecule has 0 saturated heterocycles. The van der Waals surface area contributed by atoms with E-state index in [2.05, 4.69) is 12.2 Å². The molecule has 4 heteroatoms. The van der Waals surface area contributed by atoms with Crippen LogP contribution in [0, 0.1) is 5.41 Å². The molecular formula is C7H7NO2S. The molecular weight excluding hydrogens is 162 g/mol. The predicted octanol–water partition coefficient (Wildman–Crippen LogP) is 1.77. The Labute approximate surface area is 69.4 Å². The number of isothiocyanates is 1. The van der Waals surface area contributed by atoms with Crippen LogP contribution in [0.3, 0.4) is 0 Å². The van der Waals surface area contributed by atoms with Crippen LogP contribution in [-0.2, 0) is 0 Å². The zero-order valence-electron chi connectivity index (χ0n) is 5.61. The van der Waals surface area contributed by atoms with E-state index in [1.807, 2.05) is 0 Å². The molecule has 0 unspecified atom stereocenters. The fraction of sp³-hybridized carbons (Fsp3) is 0. The molecule has 1 aromatic rings. The molecule has 3 nitrogen and oxygen atoms in total. The summed E-state index contributed by atoms with van der Waals surface area (Å²) in [5, 5.41) is 24.6. The van der Waals surface area contributed by atoms with Gasteiger partial charge < -0.3 is 10.2 Å². The monoisotopic (exact) mass is 169 g/mol. The summed E-state index contributed by atoms with van der Waals surface area (Å²) >= 11 is 3.81. The zero-order chi connectivity index (χ0) is 8.69. The maximum atomic E-state index is 8.65. The van der Waals surface area contributed by atoms with Crippen LogP contribution in [0.5, 0.6) is 11.5 Å². The number of benzene rings is 1. The molecule has 0 aromatic heterocycles. The Hall–Kier alpha value is -1.38. The first-order chi connectivity index (χ1) is 5.20. The average molecular weight is 169 g/mol. The summed E-state index contributed by atoms with van der Waals surface area (Å²) in [4.78, 5) is 0. The quantitative estimate of drug-likeness (QED) is 0.315. The summed E-state index contributed by atoms with van der Waals surface area (Å²) in [6, 6.07) is 5.70. The van der Waals surface area contributed by atoms with Gasteiger partial charge in [-0.25, -0.2) is 5.41 Å². The molecule has 0 fully saturated rings. The van der Waals surface area contributed by atoms with Crippen LogP contribution in [-0.4, -0.2) is 15.4 Å². The predicted molar refractivity (Wildman–Crippen MR) is 45.1 cm³/mol. The standard InChI is InChI=1S/C6H6O2.CHNS/c7-5-1-2-6(8)4-3-5;2-1-3/h1-4,7-8H;2H. The minimum absolute atomic E-state index is 0.169. The van der Waals surface area contributed by atoms with Crippen LogP contribution in [0.2, 0.25) is 0 Å². The van der Waals surface area contributed by atoms with Crippen LogP contribution in [0.4, 0.5) is 0 Å². The van der Waals surface area contributed by atoms with E-state index < -0.39 is 0 Å². The van der Waals surface area contributed by atoms with E-state index >= 15 is 0 Å². The van der Waals surface area contributed by atoms with Crippen molar-refractivity contribution in [2.45, 2.75) is 0 Å². The van der Waals surface area contributed by atoms with Gasteiger partial charge in [-0.3, -0.25) is 0 Å². The molecule has 3 N–H and O–H groups in total. The van der Waals surface area contributed by atoms with E-state index in [1.54, 1.807) is 5.16 Å². The fourth-order valence-corrected chi connectivity index (χ4v) is 0.453. The molecule has 0 radical (unpaired) electrons. The lowest BCUT2D eigenvalue weighted by atomic mass is 10.3. The number of hydrogen-bond donors (Lipinski definition) is 3. The van der Waals surface area contributed by atoms with Gasteiger partial charge in [-0.2, -0.15) is 0 Å². The molecule has 0 aliphatic carbocycles. The number of phenolic OH excluding ortho intramolecular Hbond substituents is 2. The van der Waals surface area contributed by atoms with Crippen molar-refractivity contribution in [1.82, 2.24) is 0 Å². The van der Waals surface area contributed by atoms with Crippen LogP contribution in [0.1, 0.15) is 0 Å². The van der Waals surface area contributed by atoms with Gasteiger partial charge in [0, 0.05) is 0 Å². The normalized spacial score (nSPS) is 7.27. The van der Waals surface area contributed by atoms with E-state index in [1.165, 1.54) is 24.3 Å². The number of rotatable bonds is 0. The number of nitrogens with one attached hydrogen (secondary N) is 1. The largest absolute Gasteiger partial charge is 0.508 e. The summed E-state index contributed by atoms with van der Waals surface area (Å²) < 4.78 is 0. The van der Waals surface area contributed by atoms with Crippen molar-refractivity contribution in [3.8, 4) is 11.5 Å². The second-order valence-corrected chi connectivity index (χ2v) is 1.82. The molecule has 0 atom stereocenters. The van der Waals surface area contributed by atoms with Crippen molar-refractivity contribution >= 4 is 17.4 Å². The van der Waals surface area contributed by atoms with Crippen molar-refractivity contribution in [2.75, 3.05) is 0 Å². The average Bonchev–Trinajstić information content (AvgIpc) is 1.97. The molecule has 58 valence electrons. The zero-order valence-corrected chi connectivity index (χ0v) is 6.43. The van der Waals surface area contributed by atoms with E-state index in [4.69, 9.17) is 15.6 Å². The van der Waals surface area contributed by atoms with Crippen LogP contribution in [0.25, 0.3) is 0 Å². The number of thiocarbonyl (C=S) groups is 1. The molecule has 11 heavy (non-hydrogen) atoms. The topological polar surface area (TPSA) is 64.3 Å². The van der Waals surface area contributed by atoms with Gasteiger partial charge >= 0.3 is 0 Å². The third-order valence-corrected chi connectivity index (χ3v) is 0.850. The van der Waals surface area contributed by atoms with Gasteiger partial charge in [0.1, 0.15) is 11.5 Å². The lowest BCUT2D eigenvalue weighted by Gasteiger charge is -1.88. The molecule has 0 aliphatic rings. The van der Waals surface area contributed by atoms with Crippen molar-refractivity contribution in [2.24, 2.45) is 0 Å². The highest BCUT2D eigenvalue weighted by molar-refractivity contribution is 7.78.